The first kappa shape index (κ1) is 10.9. The second-order valence-corrected chi connectivity index (χ2v) is 5.06. The summed E-state index contributed by atoms with van der Waals surface area (Å²) in [6.07, 6.45) is 4.91. The van der Waals surface area contributed by atoms with Crippen LogP contribution >= 0.6 is 67.8 Å². The Bertz CT molecular complexity index is 80.4. The molecule has 1 unspecified atom stereocenters. The molecule has 0 rings (SSSR count). The van der Waals surface area contributed by atoms with Gasteiger partial charge < -0.3 is 0 Å². The molecule has 0 aliphatic heterocycles. The zero-order chi connectivity index (χ0) is 7.11. The van der Waals surface area contributed by atoms with Crippen molar-refractivity contribution >= 4 is 67.8 Å². The smallest absolute Gasteiger partial charge is 0.0297 e. The third-order valence-corrected chi connectivity index (χ3v) is 3.11. The first-order valence-electron chi connectivity index (χ1n) is 2.78. The van der Waals surface area contributed by atoms with Gasteiger partial charge in [-0.2, -0.15) is 0 Å². The van der Waals surface area contributed by atoms with Crippen molar-refractivity contribution in [1.82, 2.24) is 0 Å². The minimum atomic E-state index is 0.745. The van der Waals surface area contributed by atoms with E-state index in [0.717, 1.165) is 3.92 Å². The maximum Gasteiger partial charge on any atom is 0.0297 e. The molecule has 54 valence electrons. The molecule has 0 N–H and O–H groups in total. The normalized spacial score (nSPS) is 14.6. The fourth-order valence-electron chi connectivity index (χ4n) is 0.447. The number of rotatable bonds is 4. The van der Waals surface area contributed by atoms with Gasteiger partial charge >= 0.3 is 0 Å². The largest absolute Gasteiger partial charge is 0.0864 e. The molecule has 0 spiro atoms. The molecule has 0 aliphatic carbocycles. The molecule has 0 nitrogen and oxygen atoms in total. The van der Waals surface area contributed by atoms with Crippen LogP contribution in [-0.2, 0) is 0 Å². The van der Waals surface area contributed by atoms with Crippen molar-refractivity contribution in [1.29, 1.82) is 0 Å². The molecule has 0 bridgehead atoms. The van der Waals surface area contributed by atoms with Crippen molar-refractivity contribution in [3.8, 4) is 0 Å². The molecule has 0 aromatic heterocycles. The van der Waals surface area contributed by atoms with E-state index >= 15 is 0 Å². The second kappa shape index (κ2) is 8.03. The van der Waals surface area contributed by atoms with Crippen molar-refractivity contribution in [3.05, 3.63) is 10.2 Å². The Kier molecular flexibility index (Phi) is 9.75. The Labute approximate surface area is 97.7 Å². The van der Waals surface area contributed by atoms with Crippen molar-refractivity contribution in [3.63, 3.8) is 0 Å². The van der Waals surface area contributed by atoms with E-state index in [1.807, 2.05) is 0 Å². The van der Waals surface area contributed by atoms with Crippen molar-refractivity contribution in [2.45, 2.75) is 16.8 Å². The summed E-state index contributed by atoms with van der Waals surface area (Å²) >= 11 is 7.16. The lowest BCUT2D eigenvalue weighted by Crippen LogP contribution is -1.91. The van der Waals surface area contributed by atoms with Crippen LogP contribution in [0.25, 0.3) is 0 Å². The number of hydrogen-bond acceptors (Lipinski definition) is 0. The van der Waals surface area contributed by atoms with Crippen LogP contribution < -0.4 is 0 Å². The first-order chi connectivity index (χ1) is 4.31. The summed E-state index contributed by atoms with van der Waals surface area (Å²) in [5.41, 5.74) is 0. The Morgan fingerprint density at radius 1 is 1.44 bits per heavy atom. The lowest BCUT2D eigenvalue weighted by molar-refractivity contribution is 0.864. The molecule has 0 fully saturated rings. The summed E-state index contributed by atoms with van der Waals surface area (Å²) in [5.74, 6) is 0. The summed E-state index contributed by atoms with van der Waals surface area (Å²) in [5, 5.41) is 0. The standard InChI is InChI=1S/C6H9I3/c7-4-1-2-6(9)3-5-8/h3,5-6H,1-2,4H2. The van der Waals surface area contributed by atoms with Crippen LogP contribution in [-0.4, -0.2) is 8.35 Å². The molecule has 0 aliphatic rings. The molecule has 0 amide bonds. The number of allylic oxidation sites excluding steroid dienone is 1. The highest BCUT2D eigenvalue weighted by Gasteiger charge is 1.95. The van der Waals surface area contributed by atoms with E-state index in [-0.39, 0.29) is 0 Å². The monoisotopic (exact) mass is 462 g/mol. The van der Waals surface area contributed by atoms with Crippen molar-refractivity contribution in [2.24, 2.45) is 0 Å². The molecule has 1 atom stereocenters. The van der Waals surface area contributed by atoms with Gasteiger partial charge in [0.25, 0.3) is 0 Å². The second-order valence-electron chi connectivity index (χ2n) is 1.67. The van der Waals surface area contributed by atoms with Gasteiger partial charge in [-0.15, -0.1) is 0 Å². The highest BCUT2D eigenvalue weighted by molar-refractivity contribution is 14.1. The van der Waals surface area contributed by atoms with Gasteiger partial charge in [-0.3, -0.25) is 0 Å². The SMILES string of the molecule is IC=CC(I)CCCI. The zero-order valence-corrected chi connectivity index (χ0v) is 11.5. The van der Waals surface area contributed by atoms with Gasteiger partial charge in [0.2, 0.25) is 0 Å². The molecule has 3 heteroatoms. The lowest BCUT2D eigenvalue weighted by Gasteiger charge is -1.99. The van der Waals surface area contributed by atoms with Gasteiger partial charge in [0.1, 0.15) is 0 Å². The molecule has 0 saturated heterocycles. The third kappa shape index (κ3) is 7.83. The summed E-state index contributed by atoms with van der Waals surface area (Å²) in [6.45, 7) is 0. The number of hydrogen-bond donors (Lipinski definition) is 0. The summed E-state index contributed by atoms with van der Waals surface area (Å²) < 4.78 is 4.13. The van der Waals surface area contributed by atoms with Crippen molar-refractivity contribution < 1.29 is 0 Å². The van der Waals surface area contributed by atoms with E-state index in [1.165, 1.54) is 17.3 Å². The fraction of sp³-hybridized carbons (Fsp3) is 0.667. The lowest BCUT2D eigenvalue weighted by atomic mass is 10.2. The predicted molar refractivity (Wildman–Crippen MR) is 69.1 cm³/mol. The van der Waals surface area contributed by atoms with Crippen LogP contribution in [0.3, 0.4) is 0 Å². The quantitative estimate of drug-likeness (QED) is 0.439. The topological polar surface area (TPSA) is 0 Å². The molecule has 9 heavy (non-hydrogen) atoms. The average Bonchev–Trinajstić information content (AvgIpc) is 1.85. The summed E-state index contributed by atoms with van der Waals surface area (Å²) in [7, 11) is 0. The molecular formula is C6H9I3. The van der Waals surface area contributed by atoms with Gasteiger partial charge in [0.05, 0.1) is 0 Å². The Morgan fingerprint density at radius 2 is 2.11 bits per heavy atom. The van der Waals surface area contributed by atoms with E-state index in [0.29, 0.717) is 0 Å². The van der Waals surface area contributed by atoms with Crippen LogP contribution in [0.15, 0.2) is 10.2 Å². The molecule has 0 radical (unpaired) electrons. The van der Waals surface area contributed by atoms with Crippen LogP contribution in [0.4, 0.5) is 0 Å². The zero-order valence-electron chi connectivity index (χ0n) is 4.99. The Balaban J connectivity index is 3.15. The maximum atomic E-state index is 2.47. The summed E-state index contributed by atoms with van der Waals surface area (Å²) in [6, 6.07) is 0. The minimum absolute atomic E-state index is 0.745. The summed E-state index contributed by atoms with van der Waals surface area (Å²) in [4.78, 5) is 0. The van der Waals surface area contributed by atoms with E-state index in [2.05, 4.69) is 77.9 Å². The number of alkyl halides is 2. The van der Waals surface area contributed by atoms with Crippen LogP contribution in [0.5, 0.6) is 0 Å². The van der Waals surface area contributed by atoms with Crippen LogP contribution in [0.1, 0.15) is 12.8 Å². The maximum absolute atomic E-state index is 2.47. The predicted octanol–water partition coefficient (Wildman–Crippen LogP) is 3.95. The molecule has 0 aromatic rings. The molecular weight excluding hydrogens is 453 g/mol. The van der Waals surface area contributed by atoms with Crippen LogP contribution in [0, 0.1) is 0 Å². The van der Waals surface area contributed by atoms with Gasteiger partial charge in [-0.25, -0.2) is 0 Å². The number of halogens is 3. The van der Waals surface area contributed by atoms with Crippen molar-refractivity contribution in [2.75, 3.05) is 4.43 Å². The molecule has 0 aromatic carbocycles. The van der Waals surface area contributed by atoms with E-state index in [4.69, 9.17) is 0 Å². The highest BCUT2D eigenvalue weighted by atomic mass is 127. The highest BCUT2D eigenvalue weighted by Crippen LogP contribution is 2.11. The molecule has 0 saturated carbocycles. The van der Waals surface area contributed by atoms with E-state index < -0.39 is 0 Å². The molecule has 0 heterocycles. The van der Waals surface area contributed by atoms with Gasteiger partial charge in [0.15, 0.2) is 0 Å². The minimum Gasteiger partial charge on any atom is -0.0864 e. The van der Waals surface area contributed by atoms with E-state index in [1.54, 1.807) is 0 Å². The van der Waals surface area contributed by atoms with Crippen LogP contribution in [0.2, 0.25) is 0 Å². The van der Waals surface area contributed by atoms with E-state index in [9.17, 15) is 0 Å². The Hall–Kier alpha value is 1.93. The first-order valence-corrected chi connectivity index (χ1v) is 6.80. The Morgan fingerprint density at radius 3 is 2.56 bits per heavy atom. The average molecular weight is 462 g/mol. The van der Waals surface area contributed by atoms with Gasteiger partial charge in [0, 0.05) is 3.92 Å². The van der Waals surface area contributed by atoms with Gasteiger partial charge in [-0.1, -0.05) is 73.8 Å². The fourth-order valence-corrected chi connectivity index (χ4v) is 2.83. The van der Waals surface area contributed by atoms with Gasteiger partial charge in [-0.05, 0) is 21.4 Å². The third-order valence-electron chi connectivity index (χ3n) is 0.895.